The van der Waals surface area contributed by atoms with Gasteiger partial charge in [0.25, 0.3) is 0 Å². The summed E-state index contributed by atoms with van der Waals surface area (Å²) in [5.41, 5.74) is 1.23. The van der Waals surface area contributed by atoms with Crippen LogP contribution in [-0.4, -0.2) is 61.1 Å². The zero-order valence-corrected chi connectivity index (χ0v) is 13.7. The molecule has 23 heavy (non-hydrogen) atoms. The van der Waals surface area contributed by atoms with Crippen LogP contribution in [0.1, 0.15) is 24.8 Å². The van der Waals surface area contributed by atoms with Crippen molar-refractivity contribution in [2.24, 2.45) is 0 Å². The van der Waals surface area contributed by atoms with Crippen LogP contribution in [0.3, 0.4) is 0 Å². The van der Waals surface area contributed by atoms with Crippen LogP contribution in [0.15, 0.2) is 36.4 Å². The Morgan fingerprint density at radius 1 is 1.17 bits per heavy atom. The lowest BCUT2D eigenvalue weighted by Gasteiger charge is -2.34. The van der Waals surface area contributed by atoms with Crippen molar-refractivity contribution in [3.63, 3.8) is 0 Å². The Hall–Kier alpha value is -1.65. The molecule has 0 aliphatic carbocycles. The van der Waals surface area contributed by atoms with E-state index in [0.717, 1.165) is 52.2 Å². The van der Waals surface area contributed by atoms with Crippen molar-refractivity contribution in [2.45, 2.75) is 25.4 Å². The summed E-state index contributed by atoms with van der Waals surface area (Å²) in [6.45, 7) is 5.35. The highest BCUT2D eigenvalue weighted by atomic mass is 16.5. The van der Waals surface area contributed by atoms with Gasteiger partial charge in [-0.1, -0.05) is 42.5 Å². The Kier molecular flexibility index (Phi) is 5.83. The number of piperazine rings is 1. The second-order valence-electron chi connectivity index (χ2n) is 6.33. The first-order chi connectivity index (χ1) is 11.3. The Morgan fingerprint density at radius 3 is 2.65 bits per heavy atom. The van der Waals surface area contributed by atoms with E-state index in [9.17, 15) is 4.79 Å². The Morgan fingerprint density at radius 2 is 1.96 bits per heavy atom. The molecular weight excluding hydrogens is 288 g/mol. The van der Waals surface area contributed by atoms with Gasteiger partial charge >= 0.3 is 0 Å². The lowest BCUT2D eigenvalue weighted by atomic mass is 10.1. The van der Waals surface area contributed by atoms with Crippen LogP contribution in [0.2, 0.25) is 0 Å². The monoisotopic (exact) mass is 314 g/mol. The van der Waals surface area contributed by atoms with Crippen LogP contribution in [0, 0.1) is 0 Å². The van der Waals surface area contributed by atoms with E-state index in [1.165, 1.54) is 5.56 Å². The van der Waals surface area contributed by atoms with Crippen LogP contribution < -0.4 is 0 Å². The van der Waals surface area contributed by atoms with Gasteiger partial charge in [-0.05, 0) is 18.4 Å². The van der Waals surface area contributed by atoms with E-state index in [0.29, 0.717) is 6.42 Å². The van der Waals surface area contributed by atoms with E-state index in [-0.39, 0.29) is 12.0 Å². The maximum Gasteiger partial charge on any atom is 0.225 e. The summed E-state index contributed by atoms with van der Waals surface area (Å²) in [5.74, 6) is 0.261. The van der Waals surface area contributed by atoms with Crippen molar-refractivity contribution in [3.05, 3.63) is 42.0 Å². The number of nitrogens with zero attached hydrogens (tertiary/aromatic N) is 2. The second kappa shape index (κ2) is 8.27. The summed E-state index contributed by atoms with van der Waals surface area (Å²) >= 11 is 0. The standard InChI is InChI=1S/C19H26N2O2/c22-19(16-18-9-5-15-23-18)21-13-11-20(12-14-21)10-4-8-17-6-2-1-3-7-17/h1-4,6-8,18H,5,9-16H2/b8-4+. The van der Waals surface area contributed by atoms with Crippen molar-refractivity contribution in [2.75, 3.05) is 39.3 Å². The smallest absolute Gasteiger partial charge is 0.225 e. The lowest BCUT2D eigenvalue weighted by Crippen LogP contribution is -2.49. The molecule has 0 saturated carbocycles. The van der Waals surface area contributed by atoms with E-state index < -0.39 is 0 Å². The van der Waals surface area contributed by atoms with Crippen LogP contribution in [0.5, 0.6) is 0 Å². The third kappa shape index (κ3) is 4.91. The number of carbonyl (C=O) groups is 1. The molecule has 1 aromatic rings. The highest BCUT2D eigenvalue weighted by Crippen LogP contribution is 2.17. The van der Waals surface area contributed by atoms with Gasteiger partial charge in [-0.2, -0.15) is 0 Å². The Bertz CT molecular complexity index is 515. The molecule has 0 N–H and O–H groups in total. The molecule has 2 aliphatic heterocycles. The molecule has 1 atom stereocenters. The summed E-state index contributed by atoms with van der Waals surface area (Å²) in [5, 5.41) is 0. The minimum atomic E-state index is 0.161. The number of hydrogen-bond acceptors (Lipinski definition) is 3. The maximum absolute atomic E-state index is 12.3. The van der Waals surface area contributed by atoms with Crippen LogP contribution >= 0.6 is 0 Å². The summed E-state index contributed by atoms with van der Waals surface area (Å²) in [7, 11) is 0. The van der Waals surface area contributed by atoms with Gasteiger partial charge in [0.15, 0.2) is 0 Å². The Balaban J connectivity index is 1.38. The van der Waals surface area contributed by atoms with Crippen molar-refractivity contribution in [1.82, 2.24) is 9.80 Å². The van der Waals surface area contributed by atoms with Gasteiger partial charge in [0.2, 0.25) is 5.91 Å². The van der Waals surface area contributed by atoms with Crippen molar-refractivity contribution in [3.8, 4) is 0 Å². The molecule has 1 unspecified atom stereocenters. The van der Waals surface area contributed by atoms with Crippen molar-refractivity contribution >= 4 is 12.0 Å². The van der Waals surface area contributed by atoms with Crippen LogP contribution in [0.4, 0.5) is 0 Å². The first-order valence-corrected chi connectivity index (χ1v) is 8.64. The molecule has 2 aliphatic rings. The molecule has 0 aromatic heterocycles. The molecule has 2 saturated heterocycles. The molecule has 3 rings (SSSR count). The summed E-state index contributed by atoms with van der Waals surface area (Å²) < 4.78 is 5.56. The highest BCUT2D eigenvalue weighted by Gasteiger charge is 2.25. The third-order valence-corrected chi connectivity index (χ3v) is 4.62. The van der Waals surface area contributed by atoms with Gasteiger partial charge in [0.05, 0.1) is 12.5 Å². The minimum Gasteiger partial charge on any atom is -0.378 e. The van der Waals surface area contributed by atoms with E-state index in [4.69, 9.17) is 4.74 Å². The number of rotatable bonds is 5. The van der Waals surface area contributed by atoms with Gasteiger partial charge in [0, 0.05) is 39.3 Å². The predicted molar refractivity (Wildman–Crippen MR) is 92.1 cm³/mol. The van der Waals surface area contributed by atoms with E-state index in [2.05, 4.69) is 41.3 Å². The number of benzene rings is 1. The molecule has 0 radical (unpaired) electrons. The van der Waals surface area contributed by atoms with Crippen LogP contribution in [-0.2, 0) is 9.53 Å². The zero-order chi connectivity index (χ0) is 15.9. The molecule has 124 valence electrons. The molecule has 2 fully saturated rings. The largest absolute Gasteiger partial charge is 0.378 e. The van der Waals surface area contributed by atoms with Gasteiger partial charge in [-0.3, -0.25) is 9.69 Å². The molecule has 4 heteroatoms. The number of carbonyl (C=O) groups excluding carboxylic acids is 1. The van der Waals surface area contributed by atoms with E-state index >= 15 is 0 Å². The van der Waals surface area contributed by atoms with Crippen LogP contribution in [0.25, 0.3) is 6.08 Å². The van der Waals surface area contributed by atoms with Gasteiger partial charge in [-0.25, -0.2) is 0 Å². The normalized spacial score (nSPS) is 22.8. The quantitative estimate of drug-likeness (QED) is 0.837. The van der Waals surface area contributed by atoms with Crippen molar-refractivity contribution < 1.29 is 9.53 Å². The first-order valence-electron chi connectivity index (χ1n) is 8.64. The molecule has 2 heterocycles. The molecule has 0 spiro atoms. The summed E-state index contributed by atoms with van der Waals surface area (Å²) in [6.07, 6.45) is 7.23. The van der Waals surface area contributed by atoms with Gasteiger partial charge < -0.3 is 9.64 Å². The molecule has 1 amide bonds. The summed E-state index contributed by atoms with van der Waals surface area (Å²) in [4.78, 5) is 16.7. The molecular formula is C19H26N2O2. The lowest BCUT2D eigenvalue weighted by molar-refractivity contribution is -0.135. The van der Waals surface area contributed by atoms with Gasteiger partial charge in [-0.15, -0.1) is 0 Å². The first kappa shape index (κ1) is 16.2. The molecule has 0 bridgehead atoms. The topological polar surface area (TPSA) is 32.8 Å². The fourth-order valence-corrected chi connectivity index (χ4v) is 3.21. The van der Waals surface area contributed by atoms with E-state index in [1.54, 1.807) is 0 Å². The summed E-state index contributed by atoms with van der Waals surface area (Å²) in [6, 6.07) is 10.4. The number of ether oxygens (including phenoxy) is 1. The maximum atomic E-state index is 12.3. The second-order valence-corrected chi connectivity index (χ2v) is 6.33. The molecule has 1 aromatic carbocycles. The third-order valence-electron chi connectivity index (χ3n) is 4.62. The number of amides is 1. The average molecular weight is 314 g/mol. The fraction of sp³-hybridized carbons (Fsp3) is 0.526. The highest BCUT2D eigenvalue weighted by molar-refractivity contribution is 5.76. The molecule has 4 nitrogen and oxygen atoms in total. The van der Waals surface area contributed by atoms with E-state index in [1.807, 2.05) is 11.0 Å². The van der Waals surface area contributed by atoms with Gasteiger partial charge in [0.1, 0.15) is 0 Å². The zero-order valence-electron chi connectivity index (χ0n) is 13.7. The minimum absolute atomic E-state index is 0.161. The average Bonchev–Trinajstić information content (AvgIpc) is 3.09. The fourth-order valence-electron chi connectivity index (χ4n) is 3.21. The number of hydrogen-bond donors (Lipinski definition) is 0. The predicted octanol–water partition coefficient (Wildman–Crippen LogP) is 2.41. The van der Waals surface area contributed by atoms with Crippen molar-refractivity contribution in [1.29, 1.82) is 0 Å². The SMILES string of the molecule is O=C(CC1CCCO1)N1CCN(C/C=C/c2ccccc2)CC1. The Labute approximate surface area is 138 Å².